The zero-order valence-electron chi connectivity index (χ0n) is 10.6. The number of hydrogen-bond donors (Lipinski definition) is 1. The number of aryl methyl sites for hydroxylation is 1. The minimum atomic E-state index is -0.460. The summed E-state index contributed by atoms with van der Waals surface area (Å²) in [6, 6.07) is 5.75. The Morgan fingerprint density at radius 2 is 2.12 bits per heavy atom. The van der Waals surface area contributed by atoms with Crippen molar-refractivity contribution in [1.29, 1.82) is 0 Å². The van der Waals surface area contributed by atoms with E-state index < -0.39 is 5.60 Å². The number of esters is 1. The molecule has 1 aliphatic carbocycles. The molecule has 2 N–H and O–H groups in total. The van der Waals surface area contributed by atoms with E-state index in [1.54, 1.807) is 0 Å². The Bertz CT molecular complexity index is 446. The Hall–Kier alpha value is -1.35. The topological polar surface area (TPSA) is 52.3 Å². The number of rotatable bonds is 1. The van der Waals surface area contributed by atoms with Crippen molar-refractivity contribution in [3.63, 3.8) is 0 Å². The van der Waals surface area contributed by atoms with Crippen molar-refractivity contribution in [3.05, 3.63) is 34.9 Å². The predicted octanol–water partition coefficient (Wildman–Crippen LogP) is 2.59. The van der Waals surface area contributed by atoms with Crippen molar-refractivity contribution in [2.24, 2.45) is 5.73 Å². The lowest BCUT2D eigenvalue weighted by atomic mass is 10.0. The highest BCUT2D eigenvalue weighted by Gasteiger charge is 2.22. The number of benzene rings is 1. The molecule has 1 aromatic rings. The van der Waals surface area contributed by atoms with Crippen molar-refractivity contribution in [2.75, 3.05) is 0 Å². The molecule has 1 aliphatic rings. The summed E-state index contributed by atoms with van der Waals surface area (Å²) in [5.74, 6) is -0.278. The van der Waals surface area contributed by atoms with Crippen LogP contribution >= 0.6 is 0 Å². The van der Waals surface area contributed by atoms with Gasteiger partial charge in [0.15, 0.2) is 0 Å². The summed E-state index contributed by atoms with van der Waals surface area (Å²) in [4.78, 5) is 11.9. The third-order valence-electron chi connectivity index (χ3n) is 2.90. The van der Waals surface area contributed by atoms with Crippen molar-refractivity contribution in [2.45, 2.75) is 45.3 Å². The molecule has 0 radical (unpaired) electrons. The Morgan fingerprint density at radius 1 is 1.41 bits per heavy atom. The second-order valence-corrected chi connectivity index (χ2v) is 5.56. The SMILES string of the molecule is CC(C)(C)OC(=O)c1ccc2c(c1)[C@H](N)CC2. The van der Waals surface area contributed by atoms with Crippen LogP contribution in [-0.4, -0.2) is 11.6 Å². The lowest BCUT2D eigenvalue weighted by Gasteiger charge is -2.19. The first-order chi connectivity index (χ1) is 7.87. The van der Waals surface area contributed by atoms with Gasteiger partial charge in [0.1, 0.15) is 5.60 Å². The molecule has 0 aliphatic heterocycles. The van der Waals surface area contributed by atoms with Crippen LogP contribution < -0.4 is 5.73 Å². The van der Waals surface area contributed by atoms with Crippen LogP contribution in [0, 0.1) is 0 Å². The number of carbonyl (C=O) groups excluding carboxylic acids is 1. The normalized spacial score (nSPS) is 18.9. The van der Waals surface area contributed by atoms with E-state index in [2.05, 4.69) is 0 Å². The number of hydrogen-bond acceptors (Lipinski definition) is 3. The number of nitrogens with two attached hydrogens (primary N) is 1. The molecule has 17 heavy (non-hydrogen) atoms. The van der Waals surface area contributed by atoms with Gasteiger partial charge in [-0.1, -0.05) is 6.07 Å². The van der Waals surface area contributed by atoms with E-state index in [0.717, 1.165) is 18.4 Å². The fourth-order valence-corrected chi connectivity index (χ4v) is 2.10. The van der Waals surface area contributed by atoms with Crippen LogP contribution in [0.1, 0.15) is 54.7 Å². The summed E-state index contributed by atoms with van der Waals surface area (Å²) < 4.78 is 5.34. The van der Waals surface area contributed by atoms with Crippen molar-refractivity contribution in [3.8, 4) is 0 Å². The monoisotopic (exact) mass is 233 g/mol. The van der Waals surface area contributed by atoms with Gasteiger partial charge in [-0.25, -0.2) is 4.79 Å². The first-order valence-electron chi connectivity index (χ1n) is 5.98. The number of fused-ring (bicyclic) bond motifs is 1. The van der Waals surface area contributed by atoms with E-state index in [-0.39, 0.29) is 12.0 Å². The van der Waals surface area contributed by atoms with Crippen molar-refractivity contribution in [1.82, 2.24) is 0 Å². The molecule has 0 heterocycles. The molecule has 0 fully saturated rings. The maximum atomic E-state index is 11.9. The molecule has 3 nitrogen and oxygen atoms in total. The number of ether oxygens (including phenoxy) is 1. The zero-order chi connectivity index (χ0) is 12.6. The molecular weight excluding hydrogens is 214 g/mol. The molecule has 92 valence electrons. The molecule has 0 saturated carbocycles. The highest BCUT2D eigenvalue weighted by molar-refractivity contribution is 5.90. The maximum Gasteiger partial charge on any atom is 0.338 e. The molecule has 3 heteroatoms. The van der Waals surface area contributed by atoms with Gasteiger partial charge < -0.3 is 10.5 Å². The largest absolute Gasteiger partial charge is 0.456 e. The van der Waals surface area contributed by atoms with Crippen molar-refractivity contribution >= 4 is 5.97 Å². The fraction of sp³-hybridized carbons (Fsp3) is 0.500. The van der Waals surface area contributed by atoms with Crippen LogP contribution in [0.5, 0.6) is 0 Å². The average Bonchev–Trinajstić information content (AvgIpc) is 2.57. The second-order valence-electron chi connectivity index (χ2n) is 5.56. The molecule has 1 aromatic carbocycles. The van der Waals surface area contributed by atoms with E-state index in [9.17, 15) is 4.79 Å². The van der Waals surface area contributed by atoms with Crippen LogP contribution in [0.4, 0.5) is 0 Å². The molecule has 0 saturated heterocycles. The molecule has 0 spiro atoms. The van der Waals surface area contributed by atoms with E-state index in [1.165, 1.54) is 5.56 Å². The van der Waals surface area contributed by atoms with E-state index in [1.807, 2.05) is 39.0 Å². The van der Waals surface area contributed by atoms with Gasteiger partial charge in [0.25, 0.3) is 0 Å². The van der Waals surface area contributed by atoms with Gasteiger partial charge in [0, 0.05) is 6.04 Å². The van der Waals surface area contributed by atoms with Gasteiger partial charge in [0.05, 0.1) is 5.56 Å². The summed E-state index contributed by atoms with van der Waals surface area (Å²) in [7, 11) is 0. The van der Waals surface area contributed by atoms with E-state index >= 15 is 0 Å². The highest BCUT2D eigenvalue weighted by Crippen LogP contribution is 2.30. The molecular formula is C14H19NO2. The van der Waals surface area contributed by atoms with Gasteiger partial charge in [0.2, 0.25) is 0 Å². The highest BCUT2D eigenvalue weighted by atomic mass is 16.6. The quantitative estimate of drug-likeness (QED) is 0.758. The van der Waals surface area contributed by atoms with Gasteiger partial charge in [-0.2, -0.15) is 0 Å². The molecule has 0 bridgehead atoms. The molecule has 2 rings (SSSR count). The van der Waals surface area contributed by atoms with Crippen LogP contribution in [-0.2, 0) is 11.2 Å². The molecule has 0 aromatic heterocycles. The van der Waals surface area contributed by atoms with Gasteiger partial charge in [-0.3, -0.25) is 0 Å². The van der Waals surface area contributed by atoms with Gasteiger partial charge in [-0.05, 0) is 56.9 Å². The summed E-state index contributed by atoms with van der Waals surface area (Å²) in [5, 5.41) is 0. The lowest BCUT2D eigenvalue weighted by Crippen LogP contribution is -2.24. The Labute approximate surface area is 102 Å². The standard InChI is InChI=1S/C14H19NO2/c1-14(2,3)17-13(16)10-5-4-9-6-7-12(15)11(9)8-10/h4-5,8,12H,6-7,15H2,1-3H3/t12-/m1/s1. The van der Waals surface area contributed by atoms with Crippen LogP contribution in [0.3, 0.4) is 0 Å². The Kier molecular flexibility index (Phi) is 2.96. The summed E-state index contributed by atoms with van der Waals surface area (Å²) in [6.45, 7) is 5.60. The van der Waals surface area contributed by atoms with Crippen molar-refractivity contribution < 1.29 is 9.53 Å². The summed E-state index contributed by atoms with van der Waals surface area (Å²) in [5.41, 5.74) is 8.47. The van der Waals surface area contributed by atoms with Crippen LogP contribution in [0.2, 0.25) is 0 Å². The third kappa shape index (κ3) is 2.67. The third-order valence-corrected chi connectivity index (χ3v) is 2.90. The van der Waals surface area contributed by atoms with Crippen LogP contribution in [0.15, 0.2) is 18.2 Å². The zero-order valence-corrected chi connectivity index (χ0v) is 10.6. The predicted molar refractivity (Wildman–Crippen MR) is 66.9 cm³/mol. The first-order valence-corrected chi connectivity index (χ1v) is 5.98. The minimum absolute atomic E-state index is 0.0624. The Balaban J connectivity index is 2.23. The molecule has 0 unspecified atom stereocenters. The summed E-state index contributed by atoms with van der Waals surface area (Å²) >= 11 is 0. The summed E-state index contributed by atoms with van der Waals surface area (Å²) in [6.07, 6.45) is 1.97. The average molecular weight is 233 g/mol. The van der Waals surface area contributed by atoms with E-state index in [4.69, 9.17) is 10.5 Å². The Morgan fingerprint density at radius 3 is 2.76 bits per heavy atom. The molecule has 1 atom stereocenters. The first kappa shape index (κ1) is 12.1. The smallest absolute Gasteiger partial charge is 0.338 e. The lowest BCUT2D eigenvalue weighted by molar-refractivity contribution is 0.00694. The van der Waals surface area contributed by atoms with Crippen LogP contribution in [0.25, 0.3) is 0 Å². The van der Waals surface area contributed by atoms with Gasteiger partial charge >= 0.3 is 5.97 Å². The minimum Gasteiger partial charge on any atom is -0.456 e. The molecule has 0 amide bonds. The number of carbonyl (C=O) groups is 1. The maximum absolute atomic E-state index is 11.9. The van der Waals surface area contributed by atoms with E-state index in [0.29, 0.717) is 5.56 Å². The fourth-order valence-electron chi connectivity index (χ4n) is 2.10. The van der Waals surface area contributed by atoms with Gasteiger partial charge in [-0.15, -0.1) is 0 Å². The second kappa shape index (κ2) is 4.15.